The summed E-state index contributed by atoms with van der Waals surface area (Å²) in [5.74, 6) is 0.761. The van der Waals surface area contributed by atoms with Crippen LogP contribution in [0.4, 0.5) is 0 Å². The van der Waals surface area contributed by atoms with Crippen LogP contribution in [-0.2, 0) is 12.8 Å². The molecule has 0 heterocycles. The number of unbranched alkanes of at least 4 members (excludes halogenated alkanes) is 1. The van der Waals surface area contributed by atoms with E-state index < -0.39 is 0 Å². The Morgan fingerprint density at radius 2 is 1.79 bits per heavy atom. The van der Waals surface area contributed by atoms with E-state index in [4.69, 9.17) is 0 Å². The normalized spacial score (nSPS) is 14.4. The monoisotopic (exact) mass is 324 g/mol. The maximum atomic E-state index is 4.00. The highest BCUT2D eigenvalue weighted by Crippen LogP contribution is 2.38. The molecule has 0 saturated carbocycles. The van der Waals surface area contributed by atoms with Crippen molar-refractivity contribution in [3.05, 3.63) is 34.9 Å². The second-order valence-electron chi connectivity index (χ2n) is 5.45. The van der Waals surface area contributed by atoms with Gasteiger partial charge in [0, 0.05) is 4.83 Å². The van der Waals surface area contributed by atoms with E-state index in [1.807, 2.05) is 0 Å². The van der Waals surface area contributed by atoms with Crippen LogP contribution >= 0.6 is 15.9 Å². The van der Waals surface area contributed by atoms with Crippen molar-refractivity contribution < 1.29 is 0 Å². The van der Waals surface area contributed by atoms with Gasteiger partial charge in [0.05, 0.1) is 0 Å². The Bertz CT molecular complexity index is 370. The highest BCUT2D eigenvalue weighted by atomic mass is 79.9. The third-order valence-corrected chi connectivity index (χ3v) is 5.40. The third kappa shape index (κ3) is 4.63. The van der Waals surface area contributed by atoms with Gasteiger partial charge in [0.1, 0.15) is 0 Å². The van der Waals surface area contributed by atoms with Crippen LogP contribution in [0.25, 0.3) is 0 Å². The fourth-order valence-electron chi connectivity index (χ4n) is 2.72. The summed E-state index contributed by atoms with van der Waals surface area (Å²) < 4.78 is 0. The highest BCUT2D eigenvalue weighted by Gasteiger charge is 2.20. The average molecular weight is 325 g/mol. The summed E-state index contributed by atoms with van der Waals surface area (Å²) in [6, 6.07) is 7.04. The Hall–Kier alpha value is -0.300. The van der Waals surface area contributed by atoms with E-state index in [9.17, 15) is 0 Å². The van der Waals surface area contributed by atoms with Gasteiger partial charge < -0.3 is 0 Å². The first-order valence-electron chi connectivity index (χ1n) is 7.93. The standard InChI is InChI=1S/C18H29Br/c1-5-9-10-16(8-4)18(19)17-13-14(6-2)11-12-15(17)7-3/h11-13,16,18H,5-10H2,1-4H3. The predicted octanol–water partition coefficient (Wildman–Crippen LogP) is 6.46. The molecule has 1 aromatic rings. The van der Waals surface area contributed by atoms with E-state index in [1.54, 1.807) is 0 Å². The number of alkyl halides is 1. The molecule has 1 aromatic carbocycles. The van der Waals surface area contributed by atoms with E-state index >= 15 is 0 Å². The van der Waals surface area contributed by atoms with Crippen molar-refractivity contribution >= 4 is 15.9 Å². The Balaban J connectivity index is 2.97. The van der Waals surface area contributed by atoms with Gasteiger partial charge >= 0.3 is 0 Å². The first kappa shape index (κ1) is 16.8. The molecule has 0 amide bonds. The molecule has 0 aliphatic rings. The molecule has 1 heteroatoms. The van der Waals surface area contributed by atoms with E-state index in [1.165, 1.54) is 42.4 Å². The van der Waals surface area contributed by atoms with Crippen molar-refractivity contribution in [2.75, 3.05) is 0 Å². The second-order valence-corrected chi connectivity index (χ2v) is 6.44. The zero-order valence-electron chi connectivity index (χ0n) is 13.0. The Morgan fingerprint density at radius 1 is 1.05 bits per heavy atom. The van der Waals surface area contributed by atoms with E-state index in [0.717, 1.165) is 18.8 Å². The SMILES string of the molecule is CCCCC(CC)C(Br)c1cc(CC)ccc1CC. The van der Waals surface area contributed by atoms with Crippen LogP contribution in [0.15, 0.2) is 18.2 Å². The minimum atomic E-state index is 0.519. The van der Waals surface area contributed by atoms with E-state index in [2.05, 4.69) is 61.8 Å². The summed E-state index contributed by atoms with van der Waals surface area (Å²) in [7, 11) is 0. The molecule has 0 spiro atoms. The average Bonchev–Trinajstić information content (AvgIpc) is 2.47. The van der Waals surface area contributed by atoms with Gasteiger partial charge in [0.15, 0.2) is 0 Å². The number of halogens is 1. The number of benzene rings is 1. The molecule has 0 radical (unpaired) electrons. The van der Waals surface area contributed by atoms with Gasteiger partial charge in [0.25, 0.3) is 0 Å². The second kappa shape index (κ2) is 8.79. The smallest absolute Gasteiger partial charge is 0.0426 e. The molecular formula is C18H29Br. The molecule has 0 nitrogen and oxygen atoms in total. The fraction of sp³-hybridized carbons (Fsp3) is 0.667. The van der Waals surface area contributed by atoms with Crippen molar-refractivity contribution in [3.8, 4) is 0 Å². The quantitative estimate of drug-likeness (QED) is 0.481. The van der Waals surface area contributed by atoms with E-state index in [-0.39, 0.29) is 0 Å². The minimum absolute atomic E-state index is 0.519. The first-order chi connectivity index (χ1) is 9.17. The van der Waals surface area contributed by atoms with Crippen LogP contribution in [0.3, 0.4) is 0 Å². The molecule has 0 N–H and O–H groups in total. The van der Waals surface area contributed by atoms with E-state index in [0.29, 0.717) is 4.83 Å². The van der Waals surface area contributed by atoms with Gasteiger partial charge in [-0.2, -0.15) is 0 Å². The topological polar surface area (TPSA) is 0 Å². The first-order valence-corrected chi connectivity index (χ1v) is 8.85. The number of aryl methyl sites for hydroxylation is 2. The summed E-state index contributed by atoms with van der Waals surface area (Å²) in [5, 5.41) is 0. The number of hydrogen-bond donors (Lipinski definition) is 0. The number of hydrogen-bond acceptors (Lipinski definition) is 0. The summed E-state index contributed by atoms with van der Waals surface area (Å²) in [5.41, 5.74) is 4.50. The molecule has 0 saturated heterocycles. The molecule has 0 aromatic heterocycles. The van der Waals surface area contributed by atoms with Crippen LogP contribution in [0.2, 0.25) is 0 Å². The highest BCUT2D eigenvalue weighted by molar-refractivity contribution is 9.09. The summed E-state index contributed by atoms with van der Waals surface area (Å²) in [4.78, 5) is 0.519. The van der Waals surface area contributed by atoms with Crippen LogP contribution in [0.1, 0.15) is 74.9 Å². The van der Waals surface area contributed by atoms with Crippen molar-refractivity contribution in [3.63, 3.8) is 0 Å². The van der Waals surface area contributed by atoms with Crippen molar-refractivity contribution in [2.24, 2.45) is 5.92 Å². The molecule has 108 valence electrons. The molecule has 0 bridgehead atoms. The maximum Gasteiger partial charge on any atom is 0.0426 e. The lowest BCUT2D eigenvalue weighted by Gasteiger charge is -2.24. The van der Waals surface area contributed by atoms with Crippen molar-refractivity contribution in [1.29, 1.82) is 0 Å². The van der Waals surface area contributed by atoms with Gasteiger partial charge in [-0.15, -0.1) is 0 Å². The molecule has 0 aliphatic carbocycles. The lowest BCUT2D eigenvalue weighted by atomic mass is 9.88. The lowest BCUT2D eigenvalue weighted by molar-refractivity contribution is 0.445. The maximum absolute atomic E-state index is 4.00. The van der Waals surface area contributed by atoms with Crippen LogP contribution in [0.5, 0.6) is 0 Å². The summed E-state index contributed by atoms with van der Waals surface area (Å²) in [6.45, 7) is 9.11. The molecule has 0 aliphatic heterocycles. The molecule has 2 unspecified atom stereocenters. The molecule has 19 heavy (non-hydrogen) atoms. The van der Waals surface area contributed by atoms with Crippen molar-refractivity contribution in [1.82, 2.24) is 0 Å². The predicted molar refractivity (Wildman–Crippen MR) is 90.2 cm³/mol. The lowest BCUT2D eigenvalue weighted by Crippen LogP contribution is -2.09. The molecule has 1 rings (SSSR count). The fourth-order valence-corrected chi connectivity index (χ4v) is 3.79. The Kier molecular flexibility index (Phi) is 7.75. The van der Waals surface area contributed by atoms with Gasteiger partial charge in [-0.05, 0) is 41.9 Å². The number of rotatable bonds is 8. The largest absolute Gasteiger partial charge is 0.0836 e. The zero-order valence-corrected chi connectivity index (χ0v) is 14.6. The molecule has 0 fully saturated rings. The van der Waals surface area contributed by atoms with Gasteiger partial charge in [-0.25, -0.2) is 0 Å². The van der Waals surface area contributed by atoms with Gasteiger partial charge in [0.2, 0.25) is 0 Å². The Labute approximate surface area is 128 Å². The minimum Gasteiger partial charge on any atom is -0.0836 e. The van der Waals surface area contributed by atoms with Crippen LogP contribution in [-0.4, -0.2) is 0 Å². The van der Waals surface area contributed by atoms with Gasteiger partial charge in [-0.1, -0.05) is 81.1 Å². The van der Waals surface area contributed by atoms with Crippen LogP contribution < -0.4 is 0 Å². The third-order valence-electron chi connectivity index (χ3n) is 4.16. The summed E-state index contributed by atoms with van der Waals surface area (Å²) >= 11 is 4.00. The summed E-state index contributed by atoms with van der Waals surface area (Å²) in [6.07, 6.45) is 7.49. The Morgan fingerprint density at radius 3 is 2.32 bits per heavy atom. The zero-order chi connectivity index (χ0) is 14.3. The van der Waals surface area contributed by atoms with Crippen molar-refractivity contribution in [2.45, 2.75) is 71.0 Å². The molecular weight excluding hydrogens is 296 g/mol. The van der Waals surface area contributed by atoms with Crippen LogP contribution in [0, 0.1) is 5.92 Å². The molecule has 2 atom stereocenters. The van der Waals surface area contributed by atoms with Gasteiger partial charge in [-0.3, -0.25) is 0 Å².